The summed E-state index contributed by atoms with van der Waals surface area (Å²) in [6.07, 6.45) is 5.11. The first-order valence-electron chi connectivity index (χ1n) is 9.37. The lowest BCUT2D eigenvalue weighted by Crippen LogP contribution is -2.30. The van der Waals surface area contributed by atoms with Crippen molar-refractivity contribution < 1.29 is 13.2 Å². The first-order valence-corrected chi connectivity index (χ1v) is 11.6. The van der Waals surface area contributed by atoms with E-state index in [1.54, 1.807) is 31.5 Å². The Hall–Kier alpha value is -1.99. The van der Waals surface area contributed by atoms with Gasteiger partial charge in [0.25, 0.3) is 10.0 Å². The SMILES string of the molecule is COc1ccc(S(=O)(=O)n2cc(C)c3ccc(Br)cc32)cc1N1CCCCC1. The summed E-state index contributed by atoms with van der Waals surface area (Å²) >= 11 is 3.45. The van der Waals surface area contributed by atoms with Gasteiger partial charge < -0.3 is 9.64 Å². The van der Waals surface area contributed by atoms with Crippen molar-refractivity contribution in [1.29, 1.82) is 0 Å². The lowest BCUT2D eigenvalue weighted by molar-refractivity contribution is 0.412. The summed E-state index contributed by atoms with van der Waals surface area (Å²) in [7, 11) is -2.11. The summed E-state index contributed by atoms with van der Waals surface area (Å²) in [4.78, 5) is 2.49. The third-order valence-electron chi connectivity index (χ3n) is 5.34. The number of aryl methyl sites for hydroxylation is 1. The predicted octanol–water partition coefficient (Wildman–Crippen LogP) is 4.95. The number of piperidine rings is 1. The van der Waals surface area contributed by atoms with E-state index in [1.807, 2.05) is 25.1 Å². The van der Waals surface area contributed by atoms with Crippen molar-refractivity contribution in [1.82, 2.24) is 3.97 Å². The van der Waals surface area contributed by atoms with Crippen LogP contribution in [0.3, 0.4) is 0 Å². The molecule has 3 aromatic rings. The van der Waals surface area contributed by atoms with E-state index in [9.17, 15) is 8.42 Å². The third kappa shape index (κ3) is 3.31. The Kier molecular flexibility index (Phi) is 5.14. The number of anilines is 1. The van der Waals surface area contributed by atoms with Crippen LogP contribution in [-0.2, 0) is 10.0 Å². The molecule has 0 unspecified atom stereocenters. The number of benzene rings is 2. The summed E-state index contributed by atoms with van der Waals surface area (Å²) in [6, 6.07) is 10.8. The highest BCUT2D eigenvalue weighted by molar-refractivity contribution is 9.10. The van der Waals surface area contributed by atoms with Crippen LogP contribution in [0.2, 0.25) is 0 Å². The number of methoxy groups -OCH3 is 1. The van der Waals surface area contributed by atoms with Crippen LogP contribution in [0.1, 0.15) is 24.8 Å². The van der Waals surface area contributed by atoms with Crippen molar-refractivity contribution in [3.63, 3.8) is 0 Å². The normalized spacial score (nSPS) is 15.2. The average Bonchev–Trinajstić information content (AvgIpc) is 3.04. The molecule has 1 aromatic heterocycles. The Bertz CT molecular complexity index is 1130. The number of nitrogens with zero attached hydrogens (tertiary/aromatic N) is 2. The molecule has 0 N–H and O–H groups in total. The van der Waals surface area contributed by atoms with Crippen LogP contribution in [0.5, 0.6) is 5.75 Å². The molecule has 1 aliphatic rings. The summed E-state index contributed by atoms with van der Waals surface area (Å²) < 4.78 is 34.7. The monoisotopic (exact) mass is 462 g/mol. The van der Waals surface area contributed by atoms with Crippen molar-refractivity contribution in [2.24, 2.45) is 0 Å². The fourth-order valence-corrected chi connectivity index (χ4v) is 5.64. The minimum absolute atomic E-state index is 0.269. The van der Waals surface area contributed by atoms with E-state index in [2.05, 4.69) is 20.8 Å². The molecule has 0 amide bonds. The maximum Gasteiger partial charge on any atom is 0.268 e. The Balaban J connectivity index is 1.85. The van der Waals surface area contributed by atoms with Gasteiger partial charge in [-0.2, -0.15) is 0 Å². The van der Waals surface area contributed by atoms with E-state index in [0.717, 1.165) is 47.0 Å². The van der Waals surface area contributed by atoms with Gasteiger partial charge in [0.15, 0.2) is 0 Å². The van der Waals surface area contributed by atoms with Gasteiger partial charge >= 0.3 is 0 Å². The van der Waals surface area contributed by atoms with Gasteiger partial charge in [0, 0.05) is 29.1 Å². The molecule has 0 saturated carbocycles. The van der Waals surface area contributed by atoms with Crippen LogP contribution < -0.4 is 9.64 Å². The molecule has 28 heavy (non-hydrogen) atoms. The maximum absolute atomic E-state index is 13.5. The van der Waals surface area contributed by atoms with Crippen molar-refractivity contribution in [2.45, 2.75) is 31.1 Å². The van der Waals surface area contributed by atoms with Crippen molar-refractivity contribution in [2.75, 3.05) is 25.1 Å². The highest BCUT2D eigenvalue weighted by Crippen LogP contribution is 2.35. The largest absolute Gasteiger partial charge is 0.495 e. The molecule has 0 atom stereocenters. The molecule has 2 aromatic carbocycles. The molecule has 0 radical (unpaired) electrons. The molecule has 0 spiro atoms. The minimum Gasteiger partial charge on any atom is -0.495 e. The fourth-order valence-electron chi connectivity index (χ4n) is 3.86. The second-order valence-corrected chi connectivity index (χ2v) is 9.89. The predicted molar refractivity (Wildman–Crippen MR) is 116 cm³/mol. The maximum atomic E-state index is 13.5. The van der Waals surface area contributed by atoms with E-state index in [4.69, 9.17) is 4.74 Å². The summed E-state index contributed by atoms with van der Waals surface area (Å²) in [5.41, 5.74) is 2.44. The van der Waals surface area contributed by atoms with Gasteiger partial charge in [0.2, 0.25) is 0 Å². The van der Waals surface area contributed by atoms with Crippen LogP contribution in [0.4, 0.5) is 5.69 Å². The van der Waals surface area contributed by atoms with Gasteiger partial charge in [-0.3, -0.25) is 0 Å². The molecule has 4 rings (SSSR count). The van der Waals surface area contributed by atoms with E-state index in [-0.39, 0.29) is 4.90 Å². The van der Waals surface area contributed by atoms with Crippen LogP contribution >= 0.6 is 15.9 Å². The van der Waals surface area contributed by atoms with Gasteiger partial charge in [-0.25, -0.2) is 12.4 Å². The lowest BCUT2D eigenvalue weighted by Gasteiger charge is -2.30. The number of fused-ring (bicyclic) bond motifs is 1. The third-order valence-corrected chi connectivity index (χ3v) is 7.50. The van der Waals surface area contributed by atoms with E-state index >= 15 is 0 Å². The van der Waals surface area contributed by atoms with Gasteiger partial charge in [-0.1, -0.05) is 22.0 Å². The van der Waals surface area contributed by atoms with Gasteiger partial charge in [0.1, 0.15) is 5.75 Å². The molecule has 1 saturated heterocycles. The van der Waals surface area contributed by atoms with Gasteiger partial charge in [0.05, 0.1) is 23.2 Å². The number of hydrogen-bond donors (Lipinski definition) is 0. The first kappa shape index (κ1) is 19.3. The van der Waals surface area contributed by atoms with E-state index < -0.39 is 10.0 Å². The highest BCUT2D eigenvalue weighted by Gasteiger charge is 2.24. The number of halogens is 1. The minimum atomic E-state index is -3.73. The second-order valence-electron chi connectivity index (χ2n) is 7.16. The molecule has 5 nitrogen and oxygen atoms in total. The molecule has 0 bridgehead atoms. The zero-order valence-electron chi connectivity index (χ0n) is 16.0. The molecule has 148 valence electrons. The topological polar surface area (TPSA) is 51.5 Å². The Morgan fingerprint density at radius 2 is 1.79 bits per heavy atom. The number of ether oxygens (including phenoxy) is 1. The van der Waals surface area contributed by atoms with Crippen molar-refractivity contribution in [3.05, 3.63) is 52.6 Å². The standard InChI is InChI=1S/C21H23BrN2O3S/c1-15-14-24(19-12-16(22)6-8-18(15)19)28(25,26)17-7-9-21(27-2)20(13-17)23-10-4-3-5-11-23/h6-9,12-14H,3-5,10-11H2,1-2H3. The molecule has 2 heterocycles. The zero-order valence-corrected chi connectivity index (χ0v) is 18.4. The Morgan fingerprint density at radius 1 is 1.04 bits per heavy atom. The summed E-state index contributed by atoms with van der Waals surface area (Å²) in [6.45, 7) is 3.76. The summed E-state index contributed by atoms with van der Waals surface area (Å²) in [5.74, 6) is 0.706. The number of rotatable bonds is 4. The first-order chi connectivity index (χ1) is 13.4. The van der Waals surface area contributed by atoms with Crippen LogP contribution in [0.15, 0.2) is 52.0 Å². The molecule has 1 fully saturated rings. The van der Waals surface area contributed by atoms with Crippen molar-refractivity contribution >= 4 is 42.5 Å². The molecule has 1 aliphatic heterocycles. The van der Waals surface area contributed by atoms with Crippen LogP contribution in [0.25, 0.3) is 10.9 Å². The molecule has 0 aliphatic carbocycles. The number of aromatic nitrogens is 1. The van der Waals surface area contributed by atoms with Crippen LogP contribution in [-0.4, -0.2) is 32.6 Å². The van der Waals surface area contributed by atoms with Crippen LogP contribution in [0, 0.1) is 6.92 Å². The van der Waals surface area contributed by atoms with E-state index in [1.165, 1.54) is 10.4 Å². The Labute approximate surface area is 174 Å². The zero-order chi connectivity index (χ0) is 19.9. The van der Waals surface area contributed by atoms with Gasteiger partial charge in [-0.05, 0) is 62.1 Å². The lowest BCUT2D eigenvalue weighted by atomic mass is 10.1. The molecule has 7 heteroatoms. The van der Waals surface area contributed by atoms with E-state index in [0.29, 0.717) is 11.3 Å². The summed E-state index contributed by atoms with van der Waals surface area (Å²) in [5, 5.41) is 0.927. The number of hydrogen-bond acceptors (Lipinski definition) is 4. The van der Waals surface area contributed by atoms with Crippen molar-refractivity contribution in [3.8, 4) is 5.75 Å². The quantitative estimate of drug-likeness (QED) is 0.550. The molecular formula is C21H23BrN2O3S. The van der Waals surface area contributed by atoms with Gasteiger partial charge in [-0.15, -0.1) is 0 Å². The Morgan fingerprint density at radius 3 is 2.50 bits per heavy atom. The second kappa shape index (κ2) is 7.44. The average molecular weight is 463 g/mol. The highest BCUT2D eigenvalue weighted by atomic mass is 79.9. The fraction of sp³-hybridized carbons (Fsp3) is 0.333. The molecular weight excluding hydrogens is 440 g/mol. The smallest absolute Gasteiger partial charge is 0.268 e.